The normalized spacial score (nSPS) is 16.3. The van der Waals surface area contributed by atoms with Crippen molar-refractivity contribution in [3.8, 4) is 0 Å². The van der Waals surface area contributed by atoms with Gasteiger partial charge in [-0.3, -0.25) is 24.2 Å². The number of imide groups is 1. The molecule has 3 aromatic rings. The van der Waals surface area contributed by atoms with Crippen LogP contribution in [-0.2, 0) is 13.1 Å². The van der Waals surface area contributed by atoms with Gasteiger partial charge in [-0.05, 0) is 42.5 Å². The first-order valence-corrected chi connectivity index (χ1v) is 11.3. The predicted octanol–water partition coefficient (Wildman–Crippen LogP) is 3.83. The maximum atomic E-state index is 14.1. The monoisotopic (exact) mass is 481 g/mol. The van der Waals surface area contributed by atoms with E-state index in [1.54, 1.807) is 35.2 Å². The van der Waals surface area contributed by atoms with Gasteiger partial charge in [-0.2, -0.15) is 0 Å². The number of hydrogen-bond donors (Lipinski definition) is 0. The summed E-state index contributed by atoms with van der Waals surface area (Å²) in [4.78, 5) is 43.5. The summed E-state index contributed by atoms with van der Waals surface area (Å²) in [5.74, 6) is -0.908. The smallest absolute Gasteiger partial charge is 0.261 e. The molecular formula is C25H21ClFN3O4. The SMILES string of the molecule is O=C(c1ccc2c(c1)C(=O)N(Cc1ccco1)C2=O)N1CCN(Cc2c(F)cccc2Cl)CC1. The first-order chi connectivity index (χ1) is 16.4. The predicted molar refractivity (Wildman–Crippen MR) is 122 cm³/mol. The van der Waals surface area contributed by atoms with Gasteiger partial charge in [-0.25, -0.2) is 4.39 Å². The molecule has 1 saturated heterocycles. The molecule has 5 rings (SSSR count). The lowest BCUT2D eigenvalue weighted by molar-refractivity contribution is 0.0622. The number of halogens is 2. The summed E-state index contributed by atoms with van der Waals surface area (Å²) >= 11 is 6.13. The summed E-state index contributed by atoms with van der Waals surface area (Å²) in [6, 6.07) is 12.6. The molecule has 0 radical (unpaired) electrons. The van der Waals surface area contributed by atoms with E-state index in [4.69, 9.17) is 16.0 Å². The van der Waals surface area contributed by atoms with Crippen molar-refractivity contribution in [2.24, 2.45) is 0 Å². The van der Waals surface area contributed by atoms with E-state index < -0.39 is 11.8 Å². The second-order valence-corrected chi connectivity index (χ2v) is 8.71. The third kappa shape index (κ3) is 4.10. The average Bonchev–Trinajstić information content (AvgIpc) is 3.44. The van der Waals surface area contributed by atoms with Gasteiger partial charge in [0.25, 0.3) is 17.7 Å². The Balaban J connectivity index is 1.25. The maximum Gasteiger partial charge on any atom is 0.261 e. The van der Waals surface area contributed by atoms with E-state index in [2.05, 4.69) is 0 Å². The molecule has 0 aliphatic carbocycles. The van der Waals surface area contributed by atoms with E-state index in [0.29, 0.717) is 54.6 Å². The maximum absolute atomic E-state index is 14.1. The van der Waals surface area contributed by atoms with Crippen molar-refractivity contribution in [2.75, 3.05) is 26.2 Å². The van der Waals surface area contributed by atoms with Crippen molar-refractivity contribution < 1.29 is 23.2 Å². The number of rotatable bonds is 5. The molecule has 3 amide bonds. The Hall–Kier alpha value is -3.49. The standard InChI is InChI=1S/C25H21ClFN3O4/c26-21-4-1-5-22(27)20(21)15-28-8-10-29(11-9-28)23(31)16-6-7-18-19(13-16)25(33)30(24(18)32)14-17-3-2-12-34-17/h1-7,12-13H,8-11,14-15H2. The van der Waals surface area contributed by atoms with Crippen LogP contribution in [0.1, 0.15) is 42.4 Å². The molecule has 0 N–H and O–H groups in total. The van der Waals surface area contributed by atoms with Gasteiger partial charge in [0.1, 0.15) is 11.6 Å². The Morgan fingerprint density at radius 3 is 2.41 bits per heavy atom. The van der Waals surface area contributed by atoms with Crippen LogP contribution < -0.4 is 0 Å². The zero-order chi connectivity index (χ0) is 23.8. The fourth-order valence-corrected chi connectivity index (χ4v) is 4.55. The summed E-state index contributed by atoms with van der Waals surface area (Å²) in [7, 11) is 0. The molecule has 34 heavy (non-hydrogen) atoms. The zero-order valence-corrected chi connectivity index (χ0v) is 18.9. The molecule has 3 heterocycles. The van der Waals surface area contributed by atoms with Crippen LogP contribution in [-0.4, -0.2) is 58.6 Å². The number of hydrogen-bond acceptors (Lipinski definition) is 5. The van der Waals surface area contributed by atoms with Crippen LogP contribution in [0.5, 0.6) is 0 Å². The highest BCUT2D eigenvalue weighted by Crippen LogP contribution is 2.27. The first kappa shape index (κ1) is 22.3. The van der Waals surface area contributed by atoms with Gasteiger partial charge in [0.2, 0.25) is 0 Å². The molecule has 0 unspecified atom stereocenters. The van der Waals surface area contributed by atoms with Crippen LogP contribution in [0.4, 0.5) is 4.39 Å². The topological polar surface area (TPSA) is 74.1 Å². The Labute approximate surface area is 200 Å². The van der Waals surface area contributed by atoms with Crippen molar-refractivity contribution >= 4 is 29.3 Å². The molecule has 0 spiro atoms. The van der Waals surface area contributed by atoms with Gasteiger partial charge < -0.3 is 9.32 Å². The highest BCUT2D eigenvalue weighted by molar-refractivity contribution is 6.31. The van der Waals surface area contributed by atoms with Crippen LogP contribution in [0.3, 0.4) is 0 Å². The second-order valence-electron chi connectivity index (χ2n) is 8.30. The lowest BCUT2D eigenvalue weighted by atomic mass is 10.0. The zero-order valence-electron chi connectivity index (χ0n) is 18.2. The van der Waals surface area contributed by atoms with Crippen LogP contribution in [0.2, 0.25) is 5.02 Å². The fourth-order valence-electron chi connectivity index (χ4n) is 4.32. The van der Waals surface area contributed by atoms with E-state index in [0.717, 1.165) is 4.90 Å². The second kappa shape index (κ2) is 9.04. The molecule has 1 fully saturated rings. The third-order valence-corrected chi connectivity index (χ3v) is 6.57. The number of furan rings is 1. The number of amides is 3. The summed E-state index contributed by atoms with van der Waals surface area (Å²) in [5.41, 5.74) is 1.30. The Bertz CT molecular complexity index is 1250. The molecule has 2 aromatic carbocycles. The molecule has 2 aliphatic heterocycles. The minimum atomic E-state index is -0.447. The molecule has 1 aromatic heterocycles. The van der Waals surface area contributed by atoms with Crippen LogP contribution in [0.25, 0.3) is 0 Å². The van der Waals surface area contributed by atoms with E-state index in [-0.39, 0.29) is 29.4 Å². The van der Waals surface area contributed by atoms with E-state index >= 15 is 0 Å². The Morgan fingerprint density at radius 2 is 1.71 bits per heavy atom. The molecular weight excluding hydrogens is 461 g/mol. The quantitative estimate of drug-likeness (QED) is 0.518. The van der Waals surface area contributed by atoms with Crippen molar-refractivity contribution in [2.45, 2.75) is 13.1 Å². The van der Waals surface area contributed by atoms with Gasteiger partial charge in [0.05, 0.1) is 23.9 Å². The summed E-state index contributed by atoms with van der Waals surface area (Å²) in [6.07, 6.45) is 1.48. The molecule has 0 atom stereocenters. The van der Waals surface area contributed by atoms with Crippen LogP contribution in [0.15, 0.2) is 59.2 Å². The van der Waals surface area contributed by atoms with Crippen molar-refractivity contribution in [1.29, 1.82) is 0 Å². The number of fused-ring (bicyclic) bond motifs is 1. The highest BCUT2D eigenvalue weighted by Gasteiger charge is 2.37. The third-order valence-electron chi connectivity index (χ3n) is 6.21. The first-order valence-electron chi connectivity index (χ1n) is 10.9. The average molecular weight is 482 g/mol. The van der Waals surface area contributed by atoms with E-state index in [1.807, 2.05) is 4.90 Å². The molecule has 9 heteroatoms. The molecule has 2 aliphatic rings. The number of benzene rings is 2. The van der Waals surface area contributed by atoms with Crippen LogP contribution in [0, 0.1) is 5.82 Å². The van der Waals surface area contributed by atoms with Crippen molar-refractivity contribution in [3.05, 3.63) is 93.6 Å². The lowest BCUT2D eigenvalue weighted by Gasteiger charge is -2.35. The molecule has 7 nitrogen and oxygen atoms in total. The summed E-state index contributed by atoms with van der Waals surface area (Å²) in [6.45, 7) is 2.45. The van der Waals surface area contributed by atoms with Gasteiger partial charge in [-0.1, -0.05) is 17.7 Å². The van der Waals surface area contributed by atoms with Gasteiger partial charge in [0.15, 0.2) is 0 Å². The van der Waals surface area contributed by atoms with E-state index in [9.17, 15) is 18.8 Å². The fraction of sp³-hybridized carbons (Fsp3) is 0.240. The number of nitrogens with zero attached hydrogens (tertiary/aromatic N) is 3. The minimum absolute atomic E-state index is 0.0383. The molecule has 0 saturated carbocycles. The molecule has 0 bridgehead atoms. The molecule has 174 valence electrons. The van der Waals surface area contributed by atoms with Crippen molar-refractivity contribution in [1.82, 2.24) is 14.7 Å². The van der Waals surface area contributed by atoms with Gasteiger partial charge >= 0.3 is 0 Å². The Morgan fingerprint density at radius 1 is 0.941 bits per heavy atom. The van der Waals surface area contributed by atoms with Crippen LogP contribution >= 0.6 is 11.6 Å². The van der Waals surface area contributed by atoms with Gasteiger partial charge in [0, 0.05) is 48.9 Å². The number of piperazine rings is 1. The number of carbonyl (C=O) groups is 3. The summed E-state index contributed by atoms with van der Waals surface area (Å²) < 4.78 is 19.3. The lowest BCUT2D eigenvalue weighted by Crippen LogP contribution is -2.48. The minimum Gasteiger partial charge on any atom is -0.467 e. The Kier molecular flexibility index (Phi) is 5.93. The largest absolute Gasteiger partial charge is 0.467 e. The van der Waals surface area contributed by atoms with Gasteiger partial charge in [-0.15, -0.1) is 0 Å². The van der Waals surface area contributed by atoms with E-state index in [1.165, 1.54) is 24.5 Å². The van der Waals surface area contributed by atoms with Crippen molar-refractivity contribution in [3.63, 3.8) is 0 Å². The highest BCUT2D eigenvalue weighted by atomic mass is 35.5. The number of carbonyl (C=O) groups excluding carboxylic acids is 3. The summed E-state index contributed by atoms with van der Waals surface area (Å²) in [5, 5.41) is 0.386.